The standard InChI is InChI=1S/C33H36N2O3/c1-5-7-18-34-28-11-9-8-10-25(28)26-21-23(12-14-29(26)34)16-17-33-32(3,4)27-22-24(31(36)37-6-2)13-15-30(27)35(33)19-20-38-33/h8-17,21-22H,5-7,18-20H2,1-4H3. The maximum absolute atomic E-state index is 12.5. The first-order valence-electron chi connectivity index (χ1n) is 13.8. The van der Waals surface area contributed by atoms with Gasteiger partial charge in [-0.15, -0.1) is 0 Å². The van der Waals surface area contributed by atoms with Gasteiger partial charge in [0.25, 0.3) is 0 Å². The number of anilines is 1. The molecule has 5 nitrogen and oxygen atoms in total. The van der Waals surface area contributed by atoms with Crippen LogP contribution in [-0.4, -0.2) is 36.0 Å². The minimum absolute atomic E-state index is 0.282. The Labute approximate surface area is 224 Å². The minimum atomic E-state index is -0.618. The number of ether oxygens (including phenoxy) is 2. The van der Waals surface area contributed by atoms with Crippen molar-refractivity contribution in [3.63, 3.8) is 0 Å². The van der Waals surface area contributed by atoms with E-state index in [1.54, 1.807) is 0 Å². The largest absolute Gasteiger partial charge is 0.462 e. The lowest BCUT2D eigenvalue weighted by Gasteiger charge is -2.39. The lowest BCUT2D eigenvalue weighted by atomic mass is 9.77. The maximum atomic E-state index is 12.5. The molecule has 5 heteroatoms. The highest BCUT2D eigenvalue weighted by atomic mass is 16.5. The molecule has 0 radical (unpaired) electrons. The Kier molecular flexibility index (Phi) is 6.07. The fraction of sp³-hybridized carbons (Fsp3) is 0.364. The predicted molar refractivity (Wildman–Crippen MR) is 155 cm³/mol. The smallest absolute Gasteiger partial charge is 0.338 e. The number of carbonyl (C=O) groups is 1. The van der Waals surface area contributed by atoms with Crippen LogP contribution in [0.3, 0.4) is 0 Å². The van der Waals surface area contributed by atoms with Gasteiger partial charge in [-0.2, -0.15) is 0 Å². The summed E-state index contributed by atoms with van der Waals surface area (Å²) < 4.78 is 14.3. The third kappa shape index (κ3) is 3.59. The van der Waals surface area contributed by atoms with Crippen LogP contribution in [0.2, 0.25) is 0 Å². The molecular formula is C33H36N2O3. The van der Waals surface area contributed by atoms with Crippen molar-refractivity contribution in [2.45, 2.75) is 58.2 Å². The molecule has 0 bridgehead atoms. The van der Waals surface area contributed by atoms with Gasteiger partial charge in [-0.25, -0.2) is 4.79 Å². The molecule has 2 aliphatic rings. The van der Waals surface area contributed by atoms with Crippen molar-refractivity contribution in [2.75, 3.05) is 24.7 Å². The quantitative estimate of drug-likeness (QED) is 0.246. The van der Waals surface area contributed by atoms with E-state index in [1.807, 2.05) is 25.1 Å². The molecule has 1 unspecified atom stereocenters. The van der Waals surface area contributed by atoms with Crippen LogP contribution in [0.1, 0.15) is 62.0 Å². The molecule has 1 saturated heterocycles. The average Bonchev–Trinajstić information content (AvgIpc) is 3.55. The van der Waals surface area contributed by atoms with Gasteiger partial charge in [-0.1, -0.05) is 57.5 Å². The monoisotopic (exact) mass is 508 g/mol. The van der Waals surface area contributed by atoms with Crippen molar-refractivity contribution in [3.8, 4) is 0 Å². The summed E-state index contributed by atoms with van der Waals surface area (Å²) in [6.07, 6.45) is 6.77. The normalized spacial score (nSPS) is 19.9. The fourth-order valence-corrected chi connectivity index (χ4v) is 6.45. The Hall–Kier alpha value is -3.57. The first-order chi connectivity index (χ1) is 18.4. The molecule has 196 valence electrons. The number of hydrogen-bond donors (Lipinski definition) is 0. The van der Waals surface area contributed by atoms with E-state index in [4.69, 9.17) is 9.47 Å². The highest BCUT2D eigenvalue weighted by Crippen LogP contribution is 2.55. The Bertz CT molecular complexity index is 1560. The van der Waals surface area contributed by atoms with E-state index in [-0.39, 0.29) is 11.4 Å². The zero-order valence-corrected chi connectivity index (χ0v) is 22.8. The van der Waals surface area contributed by atoms with Crippen molar-refractivity contribution in [3.05, 3.63) is 83.4 Å². The van der Waals surface area contributed by atoms with Gasteiger partial charge in [0.05, 0.1) is 18.8 Å². The van der Waals surface area contributed by atoms with E-state index in [0.29, 0.717) is 18.8 Å². The Morgan fingerprint density at radius 1 is 1.03 bits per heavy atom. The number of nitrogens with zero attached hydrogens (tertiary/aromatic N) is 2. The van der Waals surface area contributed by atoms with Crippen LogP contribution >= 0.6 is 0 Å². The van der Waals surface area contributed by atoms with Crippen molar-refractivity contribution in [1.82, 2.24) is 4.57 Å². The van der Waals surface area contributed by atoms with E-state index in [0.717, 1.165) is 29.9 Å². The van der Waals surface area contributed by atoms with Crippen LogP contribution in [0.4, 0.5) is 5.69 Å². The van der Waals surface area contributed by atoms with E-state index in [1.165, 1.54) is 34.6 Å². The molecular weight excluding hydrogens is 472 g/mol. The van der Waals surface area contributed by atoms with Crippen molar-refractivity contribution < 1.29 is 14.3 Å². The molecule has 0 spiro atoms. The van der Waals surface area contributed by atoms with Crippen LogP contribution in [0.25, 0.3) is 27.9 Å². The second kappa shape index (κ2) is 9.32. The highest BCUT2D eigenvalue weighted by molar-refractivity contribution is 6.08. The molecule has 2 aliphatic heterocycles. The molecule has 3 heterocycles. The molecule has 6 rings (SSSR count). The molecule has 0 N–H and O–H groups in total. The molecule has 1 atom stereocenters. The van der Waals surface area contributed by atoms with Gasteiger partial charge in [-0.05, 0) is 66.9 Å². The molecule has 1 aromatic heterocycles. The number of aromatic nitrogens is 1. The Morgan fingerprint density at radius 3 is 2.66 bits per heavy atom. The predicted octanol–water partition coefficient (Wildman–Crippen LogP) is 7.31. The summed E-state index contributed by atoms with van der Waals surface area (Å²) in [5, 5.41) is 2.58. The molecule has 0 amide bonds. The SMILES string of the molecule is CCCCn1c2ccccc2c2cc(C=CC34OCCN3c3ccc(C(=O)OCC)cc3C4(C)C)ccc21. The van der Waals surface area contributed by atoms with Gasteiger partial charge >= 0.3 is 5.97 Å². The van der Waals surface area contributed by atoms with Crippen LogP contribution in [-0.2, 0) is 21.4 Å². The Morgan fingerprint density at radius 2 is 1.84 bits per heavy atom. The van der Waals surface area contributed by atoms with E-state index >= 15 is 0 Å². The maximum Gasteiger partial charge on any atom is 0.338 e. The molecule has 4 aromatic rings. The number of unbranched alkanes of at least 4 members (excludes halogenated alkanes) is 1. The topological polar surface area (TPSA) is 43.7 Å². The molecule has 0 aliphatic carbocycles. The second-order valence-corrected chi connectivity index (χ2v) is 10.9. The van der Waals surface area contributed by atoms with Crippen molar-refractivity contribution in [1.29, 1.82) is 0 Å². The molecule has 3 aromatic carbocycles. The number of esters is 1. The number of fused-ring (bicyclic) bond motifs is 6. The number of hydrogen-bond acceptors (Lipinski definition) is 4. The van der Waals surface area contributed by atoms with Gasteiger partial charge in [-0.3, -0.25) is 0 Å². The van der Waals surface area contributed by atoms with Gasteiger partial charge in [0, 0.05) is 46.0 Å². The van der Waals surface area contributed by atoms with Gasteiger partial charge in [0.15, 0.2) is 5.72 Å². The van der Waals surface area contributed by atoms with E-state index in [2.05, 4.69) is 84.9 Å². The fourth-order valence-electron chi connectivity index (χ4n) is 6.45. The lowest BCUT2D eigenvalue weighted by Crippen LogP contribution is -2.51. The highest BCUT2D eigenvalue weighted by Gasteiger charge is 2.59. The number of benzene rings is 3. The minimum Gasteiger partial charge on any atom is -0.462 e. The average molecular weight is 509 g/mol. The van der Waals surface area contributed by atoms with Crippen LogP contribution in [0.15, 0.2) is 66.7 Å². The Balaban J connectivity index is 1.40. The van der Waals surface area contributed by atoms with Gasteiger partial charge in [0.1, 0.15) is 0 Å². The zero-order chi connectivity index (χ0) is 26.5. The second-order valence-electron chi connectivity index (χ2n) is 10.9. The van der Waals surface area contributed by atoms with Crippen LogP contribution in [0.5, 0.6) is 0 Å². The van der Waals surface area contributed by atoms with Crippen molar-refractivity contribution in [2.24, 2.45) is 0 Å². The lowest BCUT2D eigenvalue weighted by molar-refractivity contribution is 0.000297. The summed E-state index contributed by atoms with van der Waals surface area (Å²) in [6.45, 7) is 11.4. The number of aryl methyl sites for hydroxylation is 1. The number of para-hydroxylation sites is 1. The first kappa shape index (κ1) is 24.7. The van der Waals surface area contributed by atoms with Crippen LogP contribution in [0, 0.1) is 0 Å². The summed E-state index contributed by atoms with van der Waals surface area (Å²) in [6, 6.07) is 21.4. The van der Waals surface area contributed by atoms with E-state index in [9.17, 15) is 4.79 Å². The summed E-state index contributed by atoms with van der Waals surface area (Å²) in [5.41, 5.74) is 5.58. The summed E-state index contributed by atoms with van der Waals surface area (Å²) >= 11 is 0. The van der Waals surface area contributed by atoms with Crippen LogP contribution < -0.4 is 4.90 Å². The van der Waals surface area contributed by atoms with Gasteiger partial charge in [0.2, 0.25) is 0 Å². The molecule has 1 fully saturated rings. The first-order valence-corrected chi connectivity index (χ1v) is 13.8. The summed E-state index contributed by atoms with van der Waals surface area (Å²) in [7, 11) is 0. The number of carbonyl (C=O) groups excluding carboxylic acids is 1. The molecule has 38 heavy (non-hydrogen) atoms. The number of rotatable bonds is 7. The zero-order valence-electron chi connectivity index (χ0n) is 22.8. The summed E-state index contributed by atoms with van der Waals surface area (Å²) in [5.74, 6) is -0.282. The molecule has 0 saturated carbocycles. The third-order valence-electron chi connectivity index (χ3n) is 8.44. The third-order valence-corrected chi connectivity index (χ3v) is 8.44. The summed E-state index contributed by atoms with van der Waals surface area (Å²) in [4.78, 5) is 14.8. The van der Waals surface area contributed by atoms with Gasteiger partial charge < -0.3 is 18.9 Å². The van der Waals surface area contributed by atoms with E-state index < -0.39 is 5.72 Å². The van der Waals surface area contributed by atoms with Crippen molar-refractivity contribution >= 4 is 39.5 Å².